The van der Waals surface area contributed by atoms with E-state index in [9.17, 15) is 22.0 Å². The molecule has 1 rings (SSSR count). The lowest BCUT2D eigenvalue weighted by Crippen LogP contribution is -2.11. The quantitative estimate of drug-likeness (QED) is 0.571. The van der Waals surface area contributed by atoms with E-state index in [4.69, 9.17) is 11.6 Å². The summed E-state index contributed by atoms with van der Waals surface area (Å²) in [6.45, 7) is 0. The van der Waals surface area contributed by atoms with Gasteiger partial charge in [0.25, 0.3) is 6.43 Å². The first-order valence-electron chi connectivity index (χ1n) is 3.76. The second kappa shape index (κ2) is 4.30. The molecular weight excluding hydrogens is 241 g/mol. The Morgan fingerprint density at radius 3 is 2.33 bits per heavy atom. The molecule has 0 spiro atoms. The monoisotopic (exact) mass is 245 g/mol. The summed E-state index contributed by atoms with van der Waals surface area (Å²) < 4.78 is 61.3. The Balaban J connectivity index is 3.26. The van der Waals surface area contributed by atoms with Crippen molar-refractivity contribution in [3.05, 3.63) is 29.1 Å². The molecule has 0 amide bonds. The van der Waals surface area contributed by atoms with Gasteiger partial charge in [-0.15, -0.1) is 11.6 Å². The maximum Gasteiger partial charge on any atom is 0.418 e. The van der Waals surface area contributed by atoms with Crippen LogP contribution in [0, 0.1) is 0 Å². The van der Waals surface area contributed by atoms with Gasteiger partial charge in [0, 0.05) is 11.8 Å². The molecule has 0 aliphatic heterocycles. The average Bonchev–Trinajstić information content (AvgIpc) is 2.15. The van der Waals surface area contributed by atoms with Crippen LogP contribution in [-0.4, -0.2) is 4.98 Å². The molecule has 0 unspecified atom stereocenters. The lowest BCUT2D eigenvalue weighted by molar-refractivity contribution is -0.138. The molecule has 7 heteroatoms. The van der Waals surface area contributed by atoms with E-state index in [1.165, 1.54) is 0 Å². The minimum Gasteiger partial charge on any atom is -0.259 e. The SMILES string of the molecule is FC(F)c1cnc(CCl)c(C(F)(F)F)c1. The maximum atomic E-state index is 12.3. The smallest absolute Gasteiger partial charge is 0.259 e. The Labute approximate surface area is 86.9 Å². The van der Waals surface area contributed by atoms with E-state index in [-0.39, 0.29) is 0 Å². The zero-order chi connectivity index (χ0) is 11.6. The highest BCUT2D eigenvalue weighted by Gasteiger charge is 2.34. The van der Waals surface area contributed by atoms with Gasteiger partial charge in [-0.3, -0.25) is 4.98 Å². The second-order valence-electron chi connectivity index (χ2n) is 2.69. The Hall–Kier alpha value is -0.910. The van der Waals surface area contributed by atoms with Crippen LogP contribution >= 0.6 is 11.6 Å². The summed E-state index contributed by atoms with van der Waals surface area (Å²) >= 11 is 5.22. The normalized spacial score (nSPS) is 12.2. The average molecular weight is 246 g/mol. The Morgan fingerprint density at radius 2 is 1.93 bits per heavy atom. The van der Waals surface area contributed by atoms with Crippen LogP contribution in [0.3, 0.4) is 0 Å². The van der Waals surface area contributed by atoms with Gasteiger partial charge in [0.2, 0.25) is 0 Å². The van der Waals surface area contributed by atoms with Crippen molar-refractivity contribution in [1.29, 1.82) is 0 Å². The molecule has 0 bridgehead atoms. The summed E-state index contributed by atoms with van der Waals surface area (Å²) in [6.07, 6.45) is -7.01. The molecule has 1 aromatic heterocycles. The zero-order valence-electron chi connectivity index (χ0n) is 7.15. The summed E-state index contributed by atoms with van der Waals surface area (Å²) in [5.74, 6) is -0.474. The van der Waals surface area contributed by atoms with Crippen LogP contribution in [0.1, 0.15) is 23.2 Å². The Kier molecular flexibility index (Phi) is 3.49. The minimum absolute atomic E-state index is 0.370. The van der Waals surface area contributed by atoms with Gasteiger partial charge in [0.1, 0.15) is 0 Å². The predicted molar refractivity (Wildman–Crippen MR) is 43.8 cm³/mol. The molecule has 1 heterocycles. The number of hydrogen-bond acceptors (Lipinski definition) is 1. The second-order valence-corrected chi connectivity index (χ2v) is 2.96. The molecule has 15 heavy (non-hydrogen) atoms. The third kappa shape index (κ3) is 2.77. The molecule has 0 aliphatic rings. The number of hydrogen-bond donors (Lipinski definition) is 0. The van der Waals surface area contributed by atoms with Crippen molar-refractivity contribution in [3.8, 4) is 0 Å². The summed E-state index contributed by atoms with van der Waals surface area (Å²) in [7, 11) is 0. The molecule has 0 fully saturated rings. The molecule has 0 saturated carbocycles. The molecule has 0 aromatic carbocycles. The summed E-state index contributed by atoms with van der Waals surface area (Å²) in [5, 5.41) is 0. The van der Waals surface area contributed by atoms with E-state index in [2.05, 4.69) is 4.98 Å². The van der Waals surface area contributed by atoms with E-state index in [1.807, 2.05) is 0 Å². The van der Waals surface area contributed by atoms with Crippen LogP contribution in [0.4, 0.5) is 22.0 Å². The topological polar surface area (TPSA) is 12.9 Å². The van der Waals surface area contributed by atoms with Gasteiger partial charge >= 0.3 is 6.18 Å². The highest BCUT2D eigenvalue weighted by molar-refractivity contribution is 6.17. The molecular formula is C8H5ClF5N. The van der Waals surface area contributed by atoms with Gasteiger partial charge in [-0.25, -0.2) is 8.78 Å². The maximum absolute atomic E-state index is 12.3. The minimum atomic E-state index is -4.72. The van der Waals surface area contributed by atoms with E-state index in [1.54, 1.807) is 0 Å². The Morgan fingerprint density at radius 1 is 1.33 bits per heavy atom. The van der Waals surface area contributed by atoms with Gasteiger partial charge in [0.05, 0.1) is 17.1 Å². The fourth-order valence-electron chi connectivity index (χ4n) is 0.981. The van der Waals surface area contributed by atoms with Crippen LogP contribution in [-0.2, 0) is 12.1 Å². The largest absolute Gasteiger partial charge is 0.418 e. The molecule has 0 aliphatic carbocycles. The van der Waals surface area contributed by atoms with E-state index in [0.717, 1.165) is 0 Å². The number of alkyl halides is 6. The first-order chi connectivity index (χ1) is 6.86. The summed E-state index contributed by atoms with van der Waals surface area (Å²) in [4.78, 5) is 3.25. The molecule has 0 saturated heterocycles. The van der Waals surface area contributed by atoms with Crippen LogP contribution in [0.25, 0.3) is 0 Å². The predicted octanol–water partition coefficient (Wildman–Crippen LogP) is 3.78. The highest BCUT2D eigenvalue weighted by Crippen LogP contribution is 2.34. The summed E-state index contributed by atoms with van der Waals surface area (Å²) in [5.41, 5.74) is -2.43. The summed E-state index contributed by atoms with van der Waals surface area (Å²) in [6, 6.07) is 0.370. The molecule has 84 valence electrons. The van der Waals surface area contributed by atoms with Crippen LogP contribution in [0.15, 0.2) is 12.3 Å². The van der Waals surface area contributed by atoms with Gasteiger partial charge in [0.15, 0.2) is 0 Å². The van der Waals surface area contributed by atoms with E-state index in [0.29, 0.717) is 12.3 Å². The third-order valence-corrected chi connectivity index (χ3v) is 1.93. The van der Waals surface area contributed by atoms with Crippen molar-refractivity contribution in [3.63, 3.8) is 0 Å². The zero-order valence-corrected chi connectivity index (χ0v) is 7.91. The van der Waals surface area contributed by atoms with E-state index < -0.39 is 35.3 Å². The first kappa shape index (κ1) is 12.2. The highest BCUT2D eigenvalue weighted by atomic mass is 35.5. The number of halogens is 6. The number of aromatic nitrogens is 1. The fraction of sp³-hybridized carbons (Fsp3) is 0.375. The van der Waals surface area contributed by atoms with Crippen molar-refractivity contribution < 1.29 is 22.0 Å². The molecule has 0 radical (unpaired) electrons. The van der Waals surface area contributed by atoms with Gasteiger partial charge < -0.3 is 0 Å². The third-order valence-electron chi connectivity index (χ3n) is 1.68. The van der Waals surface area contributed by atoms with Crippen molar-refractivity contribution in [2.24, 2.45) is 0 Å². The number of rotatable bonds is 2. The number of nitrogens with zero attached hydrogens (tertiary/aromatic N) is 1. The number of pyridine rings is 1. The van der Waals surface area contributed by atoms with Gasteiger partial charge in [-0.2, -0.15) is 13.2 Å². The van der Waals surface area contributed by atoms with E-state index >= 15 is 0 Å². The fourth-order valence-corrected chi connectivity index (χ4v) is 1.19. The van der Waals surface area contributed by atoms with Crippen molar-refractivity contribution >= 4 is 11.6 Å². The first-order valence-corrected chi connectivity index (χ1v) is 4.30. The van der Waals surface area contributed by atoms with Gasteiger partial charge in [-0.1, -0.05) is 0 Å². The Bertz CT molecular complexity index is 349. The van der Waals surface area contributed by atoms with Crippen LogP contribution in [0.5, 0.6) is 0 Å². The molecule has 0 N–H and O–H groups in total. The lowest BCUT2D eigenvalue weighted by Gasteiger charge is -2.11. The van der Waals surface area contributed by atoms with Crippen molar-refractivity contribution in [2.45, 2.75) is 18.5 Å². The van der Waals surface area contributed by atoms with Crippen LogP contribution < -0.4 is 0 Å². The van der Waals surface area contributed by atoms with Gasteiger partial charge in [-0.05, 0) is 6.07 Å². The molecule has 1 aromatic rings. The molecule has 1 nitrogen and oxygen atoms in total. The standard InChI is InChI=1S/C8H5ClF5N/c9-2-6-5(8(12,13)14)1-4(3-15-6)7(10)11/h1,3,7H,2H2. The van der Waals surface area contributed by atoms with Crippen LogP contribution in [0.2, 0.25) is 0 Å². The van der Waals surface area contributed by atoms with Crippen molar-refractivity contribution in [2.75, 3.05) is 0 Å². The lowest BCUT2D eigenvalue weighted by atomic mass is 10.1. The molecule has 0 atom stereocenters. The van der Waals surface area contributed by atoms with Crippen molar-refractivity contribution in [1.82, 2.24) is 4.98 Å².